The summed E-state index contributed by atoms with van der Waals surface area (Å²) in [5, 5.41) is 2.61. The van der Waals surface area contributed by atoms with Crippen molar-refractivity contribution in [2.24, 2.45) is 5.92 Å². The van der Waals surface area contributed by atoms with Crippen molar-refractivity contribution in [2.45, 2.75) is 50.9 Å². The maximum Gasteiger partial charge on any atom is 0.391 e. The predicted octanol–water partition coefficient (Wildman–Crippen LogP) is 2.26. The van der Waals surface area contributed by atoms with E-state index < -0.39 is 18.2 Å². The highest BCUT2D eigenvalue weighted by atomic mass is 19.4. The first-order valence-corrected chi connectivity index (χ1v) is 5.74. The number of rotatable bonds is 3. The molecule has 100 valence electrons. The molecule has 0 heterocycles. The van der Waals surface area contributed by atoms with Crippen LogP contribution in [-0.2, 0) is 9.53 Å². The van der Waals surface area contributed by atoms with Crippen LogP contribution in [0.3, 0.4) is 0 Å². The molecule has 0 aromatic heterocycles. The number of hydrogen-bond acceptors (Lipinski definition) is 2. The molecule has 1 amide bonds. The van der Waals surface area contributed by atoms with Gasteiger partial charge in [0.05, 0.1) is 5.92 Å². The van der Waals surface area contributed by atoms with Crippen molar-refractivity contribution in [3.05, 3.63) is 0 Å². The van der Waals surface area contributed by atoms with Crippen molar-refractivity contribution in [2.75, 3.05) is 7.11 Å². The van der Waals surface area contributed by atoms with Gasteiger partial charge in [-0.25, -0.2) is 0 Å². The van der Waals surface area contributed by atoms with Gasteiger partial charge in [-0.1, -0.05) is 6.42 Å². The summed E-state index contributed by atoms with van der Waals surface area (Å²) in [7, 11) is 1.39. The lowest BCUT2D eigenvalue weighted by Gasteiger charge is -2.31. The quantitative estimate of drug-likeness (QED) is 0.837. The van der Waals surface area contributed by atoms with Gasteiger partial charge >= 0.3 is 6.18 Å². The van der Waals surface area contributed by atoms with Crippen molar-refractivity contribution < 1.29 is 22.7 Å². The second-order valence-corrected chi connectivity index (χ2v) is 4.49. The van der Waals surface area contributed by atoms with Crippen molar-refractivity contribution in [1.29, 1.82) is 0 Å². The topological polar surface area (TPSA) is 38.3 Å². The van der Waals surface area contributed by atoms with E-state index in [1.54, 1.807) is 6.92 Å². The van der Waals surface area contributed by atoms with Crippen LogP contribution in [0.15, 0.2) is 0 Å². The van der Waals surface area contributed by atoms with Gasteiger partial charge in [-0.3, -0.25) is 4.79 Å². The Morgan fingerprint density at radius 3 is 2.59 bits per heavy atom. The van der Waals surface area contributed by atoms with Gasteiger partial charge in [0.2, 0.25) is 5.91 Å². The Hall–Kier alpha value is -0.780. The number of alkyl halides is 3. The molecule has 0 radical (unpaired) electrons. The summed E-state index contributed by atoms with van der Waals surface area (Å²) in [5.74, 6) is -1.64. The fraction of sp³-hybridized carbons (Fsp3) is 0.909. The molecular weight excluding hydrogens is 235 g/mol. The number of carbonyl (C=O) groups is 1. The number of amides is 1. The third-order valence-corrected chi connectivity index (χ3v) is 3.21. The zero-order valence-corrected chi connectivity index (χ0v) is 10.0. The van der Waals surface area contributed by atoms with E-state index in [0.29, 0.717) is 12.8 Å². The molecule has 3 atom stereocenters. The van der Waals surface area contributed by atoms with Gasteiger partial charge in [-0.2, -0.15) is 13.2 Å². The minimum absolute atomic E-state index is 0.0221. The molecule has 1 saturated carbocycles. The van der Waals surface area contributed by atoms with E-state index in [9.17, 15) is 18.0 Å². The molecule has 0 aliphatic heterocycles. The minimum atomic E-state index is -4.16. The zero-order valence-electron chi connectivity index (χ0n) is 10.0. The SMILES string of the molecule is COC(C)C(=O)NC1CCCC(C(F)(F)F)C1. The predicted molar refractivity (Wildman–Crippen MR) is 56.4 cm³/mol. The molecule has 1 aliphatic carbocycles. The normalized spacial score (nSPS) is 27.6. The monoisotopic (exact) mass is 253 g/mol. The van der Waals surface area contributed by atoms with Crippen LogP contribution in [0.25, 0.3) is 0 Å². The zero-order chi connectivity index (χ0) is 13.1. The first-order valence-electron chi connectivity index (χ1n) is 5.74. The molecule has 1 rings (SSSR count). The fourth-order valence-electron chi connectivity index (χ4n) is 2.04. The van der Waals surface area contributed by atoms with Crippen molar-refractivity contribution >= 4 is 5.91 Å². The van der Waals surface area contributed by atoms with Crippen LogP contribution in [0.2, 0.25) is 0 Å². The third-order valence-electron chi connectivity index (χ3n) is 3.21. The standard InChI is InChI=1S/C11H18F3NO2/c1-7(17-2)10(16)15-9-5-3-4-8(6-9)11(12,13)14/h7-9H,3-6H2,1-2H3,(H,15,16). The molecule has 17 heavy (non-hydrogen) atoms. The van der Waals surface area contributed by atoms with E-state index in [0.717, 1.165) is 0 Å². The lowest BCUT2D eigenvalue weighted by atomic mass is 9.85. The van der Waals surface area contributed by atoms with Gasteiger partial charge in [0.15, 0.2) is 0 Å². The van der Waals surface area contributed by atoms with Crippen molar-refractivity contribution in [3.63, 3.8) is 0 Å². The van der Waals surface area contributed by atoms with Gasteiger partial charge in [0.1, 0.15) is 6.10 Å². The number of methoxy groups -OCH3 is 1. The molecule has 1 N–H and O–H groups in total. The summed E-state index contributed by atoms with van der Waals surface area (Å²) < 4.78 is 42.4. The van der Waals surface area contributed by atoms with Crippen molar-refractivity contribution in [1.82, 2.24) is 5.32 Å². The van der Waals surface area contributed by atoms with Crippen LogP contribution >= 0.6 is 0 Å². The average molecular weight is 253 g/mol. The maximum absolute atomic E-state index is 12.5. The number of hydrogen-bond donors (Lipinski definition) is 1. The van der Waals surface area contributed by atoms with Crippen LogP contribution in [0.1, 0.15) is 32.6 Å². The molecule has 3 unspecified atom stereocenters. The Balaban J connectivity index is 2.48. The maximum atomic E-state index is 12.5. The Bertz CT molecular complexity index is 268. The van der Waals surface area contributed by atoms with Gasteiger partial charge in [-0.15, -0.1) is 0 Å². The average Bonchev–Trinajstić information content (AvgIpc) is 2.27. The first-order chi connectivity index (χ1) is 7.84. The molecule has 0 saturated heterocycles. The highest BCUT2D eigenvalue weighted by Gasteiger charge is 2.42. The Morgan fingerprint density at radius 2 is 2.06 bits per heavy atom. The highest BCUT2D eigenvalue weighted by molar-refractivity contribution is 5.80. The van der Waals surface area contributed by atoms with Gasteiger partial charge in [-0.05, 0) is 26.2 Å². The van der Waals surface area contributed by atoms with Crippen molar-refractivity contribution in [3.8, 4) is 0 Å². The van der Waals surface area contributed by atoms with E-state index in [-0.39, 0.29) is 24.8 Å². The summed E-state index contributed by atoms with van der Waals surface area (Å²) in [5.41, 5.74) is 0. The molecule has 1 fully saturated rings. The van der Waals surface area contributed by atoms with Gasteiger partial charge in [0, 0.05) is 13.2 Å². The first kappa shape index (κ1) is 14.3. The summed E-state index contributed by atoms with van der Waals surface area (Å²) >= 11 is 0. The van der Waals surface area contributed by atoms with E-state index in [4.69, 9.17) is 4.74 Å². The number of nitrogens with one attached hydrogen (secondary N) is 1. The molecule has 1 aliphatic rings. The molecule has 0 bridgehead atoms. The smallest absolute Gasteiger partial charge is 0.372 e. The molecule has 6 heteroatoms. The van der Waals surface area contributed by atoms with Gasteiger partial charge in [0.25, 0.3) is 0 Å². The molecule has 0 spiro atoms. The number of ether oxygens (including phenoxy) is 1. The second kappa shape index (κ2) is 5.71. The Kier molecular flexibility index (Phi) is 4.80. The van der Waals surface area contributed by atoms with Crippen LogP contribution < -0.4 is 5.32 Å². The molecule has 0 aromatic rings. The summed E-state index contributed by atoms with van der Waals surface area (Å²) in [4.78, 5) is 11.5. The lowest BCUT2D eigenvalue weighted by molar-refractivity contribution is -0.184. The van der Waals surface area contributed by atoms with E-state index in [2.05, 4.69) is 5.32 Å². The third kappa shape index (κ3) is 4.18. The van der Waals surface area contributed by atoms with Crippen LogP contribution in [0.5, 0.6) is 0 Å². The summed E-state index contributed by atoms with van der Waals surface area (Å²) in [6, 6.07) is -0.388. The van der Waals surface area contributed by atoms with Crippen LogP contribution in [0, 0.1) is 5.92 Å². The largest absolute Gasteiger partial charge is 0.391 e. The Labute approximate surface area is 98.7 Å². The number of carbonyl (C=O) groups excluding carboxylic acids is 1. The summed E-state index contributed by atoms with van der Waals surface area (Å²) in [6.07, 6.45) is -3.54. The fourth-order valence-corrected chi connectivity index (χ4v) is 2.04. The second-order valence-electron chi connectivity index (χ2n) is 4.49. The molecular formula is C11H18F3NO2. The highest BCUT2D eigenvalue weighted by Crippen LogP contribution is 2.37. The molecule has 3 nitrogen and oxygen atoms in total. The van der Waals surface area contributed by atoms with E-state index in [1.165, 1.54) is 7.11 Å². The summed E-state index contributed by atoms with van der Waals surface area (Å²) in [6.45, 7) is 1.57. The van der Waals surface area contributed by atoms with E-state index in [1.807, 2.05) is 0 Å². The lowest BCUT2D eigenvalue weighted by Crippen LogP contribution is -2.45. The minimum Gasteiger partial charge on any atom is -0.372 e. The van der Waals surface area contributed by atoms with Crippen LogP contribution in [-0.4, -0.2) is 31.3 Å². The molecule has 0 aromatic carbocycles. The van der Waals surface area contributed by atoms with Gasteiger partial charge < -0.3 is 10.1 Å². The number of halogens is 3. The van der Waals surface area contributed by atoms with Crippen LogP contribution in [0.4, 0.5) is 13.2 Å². The van der Waals surface area contributed by atoms with E-state index >= 15 is 0 Å². The Morgan fingerprint density at radius 1 is 1.41 bits per heavy atom.